The molecule has 3 aromatic carbocycles. The highest BCUT2D eigenvalue weighted by molar-refractivity contribution is 5.85. The molecule has 0 saturated carbocycles. The first kappa shape index (κ1) is 23.4. The van der Waals surface area contributed by atoms with Gasteiger partial charge < -0.3 is 4.74 Å². The quantitative estimate of drug-likeness (QED) is 0.272. The molecule has 0 fully saturated rings. The third kappa shape index (κ3) is 3.57. The zero-order valence-corrected chi connectivity index (χ0v) is 22.8. The van der Waals surface area contributed by atoms with Crippen molar-refractivity contribution in [2.24, 2.45) is 5.92 Å². The summed E-state index contributed by atoms with van der Waals surface area (Å²) in [5.74, 6) is 2.31. The summed E-state index contributed by atoms with van der Waals surface area (Å²) in [6.07, 6.45) is 11.1. The van der Waals surface area contributed by atoms with Crippen LogP contribution in [0, 0.1) is 5.92 Å². The molecule has 194 valence electrons. The lowest BCUT2D eigenvalue weighted by Crippen LogP contribution is -2.25. The fourth-order valence-corrected chi connectivity index (χ4v) is 6.92. The van der Waals surface area contributed by atoms with Crippen LogP contribution < -0.4 is 0 Å². The van der Waals surface area contributed by atoms with E-state index >= 15 is 0 Å². The van der Waals surface area contributed by atoms with Gasteiger partial charge in [-0.15, -0.1) is 0 Å². The van der Waals surface area contributed by atoms with Gasteiger partial charge in [0.2, 0.25) is 0 Å². The number of hydrogen-bond donors (Lipinski definition) is 0. The van der Waals surface area contributed by atoms with E-state index in [1.807, 2.05) is 24.3 Å². The Bertz CT molecular complexity index is 1730. The van der Waals surface area contributed by atoms with E-state index in [-0.39, 0.29) is 11.5 Å². The smallest absolute Gasteiger partial charge is 0.160 e. The summed E-state index contributed by atoms with van der Waals surface area (Å²) in [5, 5.41) is 0. The van der Waals surface area contributed by atoms with Gasteiger partial charge in [-0.3, -0.25) is 0 Å². The molecule has 2 unspecified atom stereocenters. The molecular weight excluding hydrogens is 488 g/mol. The number of ether oxygens (including phenoxy) is 1. The lowest BCUT2D eigenvalue weighted by Gasteiger charge is -2.31. The summed E-state index contributed by atoms with van der Waals surface area (Å²) in [6.45, 7) is 4.77. The third-order valence-corrected chi connectivity index (χ3v) is 9.09. The molecule has 0 radical (unpaired) electrons. The fraction of sp³-hybridized carbons (Fsp3) is 0.189. The highest BCUT2D eigenvalue weighted by Crippen LogP contribution is 2.57. The summed E-state index contributed by atoms with van der Waals surface area (Å²) in [7, 11) is 0. The van der Waals surface area contributed by atoms with E-state index in [2.05, 4.69) is 98.8 Å². The fourth-order valence-electron chi connectivity index (χ4n) is 6.92. The molecule has 0 saturated heterocycles. The van der Waals surface area contributed by atoms with Crippen molar-refractivity contribution in [3.8, 4) is 33.9 Å². The van der Waals surface area contributed by atoms with Crippen molar-refractivity contribution in [1.82, 2.24) is 9.97 Å². The second kappa shape index (κ2) is 8.76. The monoisotopic (exact) mass is 518 g/mol. The van der Waals surface area contributed by atoms with Crippen molar-refractivity contribution in [1.29, 1.82) is 0 Å². The van der Waals surface area contributed by atoms with Gasteiger partial charge in [-0.05, 0) is 40.3 Å². The molecule has 0 N–H and O–H groups in total. The lowest BCUT2D eigenvalue weighted by molar-refractivity contribution is 0.151. The Morgan fingerprint density at radius 2 is 1.50 bits per heavy atom. The number of nitrogens with zero attached hydrogens (tertiary/aromatic N) is 2. The number of aromatic nitrogens is 2. The molecule has 2 atom stereocenters. The van der Waals surface area contributed by atoms with E-state index in [1.54, 1.807) is 0 Å². The van der Waals surface area contributed by atoms with Crippen LogP contribution in [0.15, 0.2) is 126 Å². The Kier molecular flexibility index (Phi) is 5.12. The molecule has 1 aromatic heterocycles. The van der Waals surface area contributed by atoms with Crippen molar-refractivity contribution in [2.45, 2.75) is 38.2 Å². The molecule has 0 bridgehead atoms. The van der Waals surface area contributed by atoms with Crippen molar-refractivity contribution in [3.05, 3.63) is 137 Å². The zero-order valence-electron chi connectivity index (χ0n) is 22.8. The summed E-state index contributed by atoms with van der Waals surface area (Å²) in [4.78, 5) is 10.1. The average molecular weight is 519 g/mol. The van der Waals surface area contributed by atoms with Crippen LogP contribution in [0.2, 0.25) is 0 Å². The third-order valence-electron chi connectivity index (χ3n) is 9.09. The van der Waals surface area contributed by atoms with Crippen molar-refractivity contribution in [3.63, 3.8) is 0 Å². The molecule has 2 heterocycles. The minimum atomic E-state index is 0.0258. The standard InChI is InChI=1S/C37H30N2O/c1-37(2)30-18-17-25(19-27(30)28-20-29-26-15-9-10-16-34(26)40-35(29)21-31(28)37)33-22-32(23-11-5-3-6-12-23)38-36(39-33)24-13-7-4-8-14-24/h3-15,17-20,22,31,34H,16,21H2,1-2H3. The van der Waals surface area contributed by atoms with Crippen molar-refractivity contribution >= 4 is 5.57 Å². The van der Waals surface area contributed by atoms with Crippen LogP contribution in [0.5, 0.6) is 0 Å². The molecule has 40 heavy (non-hydrogen) atoms. The predicted molar refractivity (Wildman–Crippen MR) is 161 cm³/mol. The second-order valence-electron chi connectivity index (χ2n) is 11.8. The van der Waals surface area contributed by atoms with Gasteiger partial charge in [-0.2, -0.15) is 0 Å². The van der Waals surface area contributed by atoms with E-state index in [4.69, 9.17) is 14.7 Å². The van der Waals surface area contributed by atoms with E-state index in [1.165, 1.54) is 33.6 Å². The Morgan fingerprint density at radius 1 is 0.775 bits per heavy atom. The van der Waals surface area contributed by atoms with Crippen LogP contribution in [0.1, 0.15) is 37.8 Å². The molecule has 1 aliphatic heterocycles. The van der Waals surface area contributed by atoms with Crippen LogP contribution in [-0.2, 0) is 10.2 Å². The van der Waals surface area contributed by atoms with Gasteiger partial charge in [-0.1, -0.05) is 105 Å². The molecule has 3 heteroatoms. The minimum absolute atomic E-state index is 0.0258. The van der Waals surface area contributed by atoms with Gasteiger partial charge in [-0.25, -0.2) is 9.97 Å². The maximum absolute atomic E-state index is 6.47. The van der Waals surface area contributed by atoms with Gasteiger partial charge >= 0.3 is 0 Å². The van der Waals surface area contributed by atoms with Crippen LogP contribution >= 0.6 is 0 Å². The highest BCUT2D eigenvalue weighted by atomic mass is 16.5. The summed E-state index contributed by atoms with van der Waals surface area (Å²) in [5.41, 5.74) is 11.9. The number of rotatable bonds is 3. The zero-order chi connectivity index (χ0) is 26.8. The molecular formula is C37H30N2O. The minimum Gasteiger partial charge on any atom is -0.489 e. The SMILES string of the molecule is CC1(C)c2ccc(-c3cc(-c4ccccc4)nc(-c4ccccc4)n3)cc2C2=CC3=C(CC21)OC1CC=CC=C31. The van der Waals surface area contributed by atoms with Gasteiger partial charge in [0.1, 0.15) is 11.9 Å². The van der Waals surface area contributed by atoms with Gasteiger partial charge in [0, 0.05) is 46.6 Å². The summed E-state index contributed by atoms with van der Waals surface area (Å²) >= 11 is 0. The van der Waals surface area contributed by atoms with E-state index in [0.717, 1.165) is 46.7 Å². The molecule has 8 rings (SSSR count). The number of allylic oxidation sites excluding steroid dienone is 5. The second-order valence-corrected chi connectivity index (χ2v) is 11.8. The Labute approximate surface area is 235 Å². The topological polar surface area (TPSA) is 35.0 Å². The highest BCUT2D eigenvalue weighted by Gasteiger charge is 2.47. The molecule has 0 amide bonds. The summed E-state index contributed by atoms with van der Waals surface area (Å²) in [6, 6.07) is 29.7. The molecule has 4 aromatic rings. The molecule has 4 aliphatic rings. The Hall–Kier alpha value is -4.50. The van der Waals surface area contributed by atoms with Crippen molar-refractivity contribution in [2.75, 3.05) is 0 Å². The number of benzene rings is 3. The first-order valence-electron chi connectivity index (χ1n) is 14.2. The van der Waals surface area contributed by atoms with E-state index < -0.39 is 0 Å². The Balaban J connectivity index is 1.28. The van der Waals surface area contributed by atoms with Gasteiger partial charge in [0.15, 0.2) is 5.82 Å². The van der Waals surface area contributed by atoms with Gasteiger partial charge in [0.25, 0.3) is 0 Å². The van der Waals surface area contributed by atoms with Crippen LogP contribution in [-0.4, -0.2) is 16.1 Å². The molecule has 3 nitrogen and oxygen atoms in total. The maximum Gasteiger partial charge on any atom is 0.160 e. The van der Waals surface area contributed by atoms with Crippen LogP contribution in [0.25, 0.3) is 39.5 Å². The normalized spacial score (nSPS) is 21.6. The maximum atomic E-state index is 6.47. The first-order chi connectivity index (χ1) is 19.6. The van der Waals surface area contributed by atoms with Crippen molar-refractivity contribution < 1.29 is 4.74 Å². The Morgan fingerprint density at radius 3 is 2.27 bits per heavy atom. The largest absolute Gasteiger partial charge is 0.489 e. The van der Waals surface area contributed by atoms with E-state index in [0.29, 0.717) is 5.92 Å². The van der Waals surface area contributed by atoms with Gasteiger partial charge in [0.05, 0.1) is 11.4 Å². The summed E-state index contributed by atoms with van der Waals surface area (Å²) < 4.78 is 6.47. The number of hydrogen-bond acceptors (Lipinski definition) is 3. The van der Waals surface area contributed by atoms with Crippen LogP contribution in [0.4, 0.5) is 0 Å². The van der Waals surface area contributed by atoms with Crippen LogP contribution in [0.3, 0.4) is 0 Å². The molecule has 3 aliphatic carbocycles. The van der Waals surface area contributed by atoms with E-state index in [9.17, 15) is 0 Å². The molecule has 0 spiro atoms. The lowest BCUT2D eigenvalue weighted by atomic mass is 9.73. The first-order valence-corrected chi connectivity index (χ1v) is 14.2. The number of fused-ring (bicyclic) bond motifs is 5. The average Bonchev–Trinajstić information content (AvgIpc) is 3.48. The predicted octanol–water partition coefficient (Wildman–Crippen LogP) is 8.71.